The maximum absolute atomic E-state index is 10.2. The first-order chi connectivity index (χ1) is 8.25. The van der Waals surface area contributed by atoms with Gasteiger partial charge in [-0.3, -0.25) is 0 Å². The van der Waals surface area contributed by atoms with Crippen molar-refractivity contribution in [1.82, 2.24) is 0 Å². The fourth-order valence-corrected chi connectivity index (χ4v) is 2.22. The number of allylic oxidation sites excluding steroid dienone is 3. The van der Waals surface area contributed by atoms with E-state index in [4.69, 9.17) is 14.2 Å². The predicted molar refractivity (Wildman–Crippen MR) is 60.9 cm³/mol. The topological polar surface area (TPSA) is 47.9 Å². The van der Waals surface area contributed by atoms with E-state index in [2.05, 4.69) is 0 Å². The van der Waals surface area contributed by atoms with Crippen LogP contribution in [0.3, 0.4) is 0 Å². The fraction of sp³-hybridized carbons (Fsp3) is 0.538. The lowest BCUT2D eigenvalue weighted by Crippen LogP contribution is -2.36. The Bertz CT molecular complexity index is 390. The quantitative estimate of drug-likeness (QED) is 0.809. The fourth-order valence-electron chi connectivity index (χ4n) is 2.22. The maximum atomic E-state index is 10.2. The summed E-state index contributed by atoms with van der Waals surface area (Å²) in [7, 11) is 0. The van der Waals surface area contributed by atoms with Crippen LogP contribution in [0.5, 0.6) is 0 Å². The van der Waals surface area contributed by atoms with Gasteiger partial charge in [-0.1, -0.05) is 12.2 Å². The van der Waals surface area contributed by atoms with Gasteiger partial charge in [0, 0.05) is 18.3 Å². The van der Waals surface area contributed by atoms with Crippen molar-refractivity contribution < 1.29 is 19.3 Å². The van der Waals surface area contributed by atoms with E-state index in [1.165, 1.54) is 0 Å². The van der Waals surface area contributed by atoms with Gasteiger partial charge in [0.1, 0.15) is 12.4 Å². The summed E-state index contributed by atoms with van der Waals surface area (Å²) in [4.78, 5) is 0. The Morgan fingerprint density at radius 1 is 1.47 bits per heavy atom. The monoisotopic (exact) mass is 236 g/mol. The number of aliphatic hydroxyl groups is 1. The molecule has 0 aromatic rings. The minimum atomic E-state index is -1.34. The van der Waals surface area contributed by atoms with E-state index >= 15 is 0 Å². The van der Waals surface area contributed by atoms with Crippen molar-refractivity contribution >= 4 is 0 Å². The zero-order valence-corrected chi connectivity index (χ0v) is 9.59. The van der Waals surface area contributed by atoms with Crippen LogP contribution in [0.1, 0.15) is 19.3 Å². The molecule has 0 saturated carbocycles. The van der Waals surface area contributed by atoms with Crippen molar-refractivity contribution in [2.45, 2.75) is 31.3 Å². The smallest absolute Gasteiger partial charge is 0.252 e. The van der Waals surface area contributed by atoms with Gasteiger partial charge >= 0.3 is 0 Å². The second-order valence-corrected chi connectivity index (χ2v) is 4.54. The Hall–Kier alpha value is -1.10. The van der Waals surface area contributed by atoms with Gasteiger partial charge < -0.3 is 19.3 Å². The first-order valence-electron chi connectivity index (χ1n) is 6.01. The average molecular weight is 236 g/mol. The number of rotatable bonds is 3. The van der Waals surface area contributed by atoms with Crippen LogP contribution < -0.4 is 0 Å². The number of hydrogen-bond donors (Lipinski definition) is 1. The molecule has 92 valence electrons. The van der Waals surface area contributed by atoms with Crippen molar-refractivity contribution in [3.63, 3.8) is 0 Å². The average Bonchev–Trinajstić information content (AvgIpc) is 2.86. The molecule has 0 aromatic heterocycles. The molecule has 2 aliphatic heterocycles. The van der Waals surface area contributed by atoms with Crippen molar-refractivity contribution in [3.8, 4) is 0 Å². The standard InChI is InChI=1S/C13H16O4/c14-13(8-10-4-3-5-11(10)17-13)9-16-12-6-1-2-7-15-12/h3-5,8,12,14H,1-2,6-7,9H2. The van der Waals surface area contributed by atoms with Crippen LogP contribution in [0.25, 0.3) is 0 Å². The second-order valence-electron chi connectivity index (χ2n) is 4.54. The summed E-state index contributed by atoms with van der Waals surface area (Å²) < 4.78 is 16.4. The highest BCUT2D eigenvalue weighted by molar-refractivity contribution is 5.49. The van der Waals surface area contributed by atoms with E-state index in [9.17, 15) is 5.11 Å². The van der Waals surface area contributed by atoms with Crippen LogP contribution in [0.15, 0.2) is 35.6 Å². The van der Waals surface area contributed by atoms with Gasteiger partial charge in [-0.2, -0.15) is 0 Å². The first kappa shape index (κ1) is 11.0. The molecule has 4 heteroatoms. The highest BCUT2D eigenvalue weighted by atomic mass is 16.7. The third kappa shape index (κ3) is 2.29. The van der Waals surface area contributed by atoms with Crippen LogP contribution in [0, 0.1) is 0 Å². The summed E-state index contributed by atoms with van der Waals surface area (Å²) in [5, 5.41) is 10.2. The third-order valence-corrected chi connectivity index (χ3v) is 3.09. The normalized spacial score (nSPS) is 35.2. The van der Waals surface area contributed by atoms with Crippen LogP contribution in [-0.4, -0.2) is 30.4 Å². The number of hydrogen-bond acceptors (Lipinski definition) is 4. The molecule has 1 fully saturated rings. The van der Waals surface area contributed by atoms with Gasteiger partial charge in [-0.15, -0.1) is 0 Å². The Balaban J connectivity index is 1.57. The maximum Gasteiger partial charge on any atom is 0.252 e. The number of ether oxygens (including phenoxy) is 3. The summed E-state index contributed by atoms with van der Waals surface area (Å²) in [6.07, 6.45) is 10.2. The molecule has 1 aliphatic carbocycles. The largest absolute Gasteiger partial charge is 0.456 e. The highest BCUT2D eigenvalue weighted by Crippen LogP contribution is 2.34. The van der Waals surface area contributed by atoms with E-state index in [-0.39, 0.29) is 12.9 Å². The lowest BCUT2D eigenvalue weighted by molar-refractivity contribution is -0.228. The summed E-state index contributed by atoms with van der Waals surface area (Å²) in [5.74, 6) is -0.632. The molecule has 2 heterocycles. The third-order valence-electron chi connectivity index (χ3n) is 3.09. The van der Waals surface area contributed by atoms with E-state index in [0.29, 0.717) is 5.76 Å². The summed E-state index contributed by atoms with van der Waals surface area (Å²) in [6.45, 7) is 0.839. The summed E-state index contributed by atoms with van der Waals surface area (Å²) in [6, 6.07) is 0. The minimum Gasteiger partial charge on any atom is -0.456 e. The first-order valence-corrected chi connectivity index (χ1v) is 6.01. The molecule has 0 radical (unpaired) electrons. The molecule has 0 amide bonds. The molecule has 0 bridgehead atoms. The van der Waals surface area contributed by atoms with Crippen LogP contribution in [0.2, 0.25) is 0 Å². The Kier molecular flexibility index (Phi) is 2.78. The van der Waals surface area contributed by atoms with Gasteiger partial charge in [-0.25, -0.2) is 0 Å². The molecular formula is C13H16O4. The summed E-state index contributed by atoms with van der Waals surface area (Å²) in [5.41, 5.74) is 0.917. The SMILES string of the molecule is OC1(COC2CCCCO2)C=C2C=CC=C2O1. The molecule has 2 unspecified atom stereocenters. The lowest BCUT2D eigenvalue weighted by Gasteiger charge is -2.27. The second kappa shape index (κ2) is 4.29. The highest BCUT2D eigenvalue weighted by Gasteiger charge is 2.37. The molecule has 1 N–H and O–H groups in total. The molecule has 17 heavy (non-hydrogen) atoms. The van der Waals surface area contributed by atoms with Crippen molar-refractivity contribution in [2.75, 3.05) is 13.2 Å². The molecule has 2 atom stereocenters. The van der Waals surface area contributed by atoms with Crippen LogP contribution in [0.4, 0.5) is 0 Å². The van der Waals surface area contributed by atoms with Gasteiger partial charge in [0.25, 0.3) is 5.79 Å². The minimum absolute atomic E-state index is 0.104. The molecule has 0 spiro atoms. The van der Waals surface area contributed by atoms with Crippen LogP contribution >= 0.6 is 0 Å². The van der Waals surface area contributed by atoms with Gasteiger partial charge in [-0.05, 0) is 25.3 Å². The van der Waals surface area contributed by atoms with E-state index in [0.717, 1.165) is 31.4 Å². The van der Waals surface area contributed by atoms with E-state index in [1.807, 2.05) is 18.2 Å². The zero-order chi connectivity index (χ0) is 11.7. The summed E-state index contributed by atoms with van der Waals surface area (Å²) >= 11 is 0. The Labute approximate surface area is 100 Å². The molecule has 0 aromatic carbocycles. The van der Waals surface area contributed by atoms with Gasteiger partial charge in [0.15, 0.2) is 6.29 Å². The molecule has 3 aliphatic rings. The molecular weight excluding hydrogens is 220 g/mol. The van der Waals surface area contributed by atoms with E-state index in [1.54, 1.807) is 6.08 Å². The molecule has 3 rings (SSSR count). The molecule has 1 saturated heterocycles. The van der Waals surface area contributed by atoms with Crippen LogP contribution in [-0.2, 0) is 14.2 Å². The number of fused-ring (bicyclic) bond motifs is 1. The van der Waals surface area contributed by atoms with Crippen molar-refractivity contribution in [1.29, 1.82) is 0 Å². The molecule has 4 nitrogen and oxygen atoms in total. The Morgan fingerprint density at radius 2 is 2.41 bits per heavy atom. The van der Waals surface area contributed by atoms with Crippen molar-refractivity contribution in [2.24, 2.45) is 0 Å². The van der Waals surface area contributed by atoms with E-state index < -0.39 is 5.79 Å². The zero-order valence-electron chi connectivity index (χ0n) is 9.59. The van der Waals surface area contributed by atoms with Gasteiger partial charge in [0.05, 0.1) is 0 Å². The van der Waals surface area contributed by atoms with Gasteiger partial charge in [0.2, 0.25) is 0 Å². The predicted octanol–water partition coefficient (Wildman–Crippen LogP) is 1.63. The Morgan fingerprint density at radius 3 is 3.18 bits per heavy atom. The van der Waals surface area contributed by atoms with Crippen molar-refractivity contribution in [3.05, 3.63) is 35.6 Å². The lowest BCUT2D eigenvalue weighted by atomic mass is 10.2.